The number of hydrogen-bond acceptors (Lipinski definition) is 4. The molecule has 0 radical (unpaired) electrons. The molecule has 2 rings (SSSR count). The lowest BCUT2D eigenvalue weighted by molar-refractivity contribution is 0.714. The molecular formula is C11H16ClN3S. The second-order valence-electron chi connectivity index (χ2n) is 4.31. The first kappa shape index (κ1) is 12.0. The molecule has 2 heterocycles. The number of rotatable bonds is 1. The van der Waals surface area contributed by atoms with Crippen LogP contribution in [0, 0.1) is 6.92 Å². The van der Waals surface area contributed by atoms with Crippen LogP contribution < -0.4 is 4.90 Å². The summed E-state index contributed by atoms with van der Waals surface area (Å²) >= 11 is 7.89. The highest BCUT2D eigenvalue weighted by molar-refractivity contribution is 8.00. The van der Waals surface area contributed by atoms with E-state index in [4.69, 9.17) is 11.6 Å². The largest absolute Gasteiger partial charge is 0.354 e. The predicted octanol–water partition coefficient (Wildman–Crippen LogP) is 2.77. The van der Waals surface area contributed by atoms with E-state index in [0.29, 0.717) is 15.8 Å². The predicted molar refractivity (Wildman–Crippen MR) is 70.5 cm³/mol. The Hall–Kier alpha value is -0.480. The van der Waals surface area contributed by atoms with Gasteiger partial charge >= 0.3 is 0 Å². The Morgan fingerprint density at radius 1 is 1.38 bits per heavy atom. The van der Waals surface area contributed by atoms with Gasteiger partial charge in [0.25, 0.3) is 0 Å². The van der Waals surface area contributed by atoms with Crippen LogP contribution in [0.1, 0.15) is 19.4 Å². The maximum atomic E-state index is 5.85. The van der Waals surface area contributed by atoms with Crippen molar-refractivity contribution in [2.75, 3.05) is 18.0 Å². The van der Waals surface area contributed by atoms with Crippen LogP contribution in [-0.2, 0) is 0 Å². The maximum Gasteiger partial charge on any atom is 0.224 e. The van der Waals surface area contributed by atoms with Gasteiger partial charge in [-0.2, -0.15) is 11.8 Å². The van der Waals surface area contributed by atoms with Crippen LogP contribution in [0.15, 0.2) is 6.20 Å². The normalized spacial score (nSPS) is 25.9. The van der Waals surface area contributed by atoms with E-state index in [9.17, 15) is 0 Å². The van der Waals surface area contributed by atoms with Crippen molar-refractivity contribution < 1.29 is 0 Å². The minimum atomic E-state index is 0.333. The van der Waals surface area contributed by atoms with Gasteiger partial charge in [-0.25, -0.2) is 9.97 Å². The molecule has 0 spiro atoms. The summed E-state index contributed by atoms with van der Waals surface area (Å²) in [6, 6.07) is 0. The van der Waals surface area contributed by atoms with Gasteiger partial charge in [0.15, 0.2) is 0 Å². The quantitative estimate of drug-likeness (QED) is 0.724. The van der Waals surface area contributed by atoms with Gasteiger partial charge in [-0.05, 0) is 18.5 Å². The number of nitrogens with zero attached hydrogens (tertiary/aromatic N) is 3. The van der Waals surface area contributed by atoms with E-state index in [2.05, 4.69) is 28.7 Å². The smallest absolute Gasteiger partial charge is 0.224 e. The monoisotopic (exact) mass is 257 g/mol. The summed E-state index contributed by atoms with van der Waals surface area (Å²) in [6.07, 6.45) is 1.79. The van der Waals surface area contributed by atoms with Crippen molar-refractivity contribution in [1.29, 1.82) is 0 Å². The lowest BCUT2D eigenvalue weighted by Gasteiger charge is -2.36. The fraction of sp³-hybridized carbons (Fsp3) is 0.636. The number of thioether (sulfide) groups is 1. The highest BCUT2D eigenvalue weighted by Crippen LogP contribution is 2.29. The van der Waals surface area contributed by atoms with Crippen molar-refractivity contribution in [3.05, 3.63) is 17.0 Å². The van der Waals surface area contributed by atoms with Crippen LogP contribution in [0.2, 0.25) is 5.28 Å². The molecule has 1 aromatic heterocycles. The van der Waals surface area contributed by atoms with Crippen molar-refractivity contribution in [2.45, 2.75) is 31.3 Å². The third-order valence-electron chi connectivity index (χ3n) is 2.63. The van der Waals surface area contributed by atoms with Gasteiger partial charge < -0.3 is 4.90 Å². The van der Waals surface area contributed by atoms with E-state index in [1.54, 1.807) is 6.20 Å². The van der Waals surface area contributed by atoms with Crippen LogP contribution in [0.25, 0.3) is 0 Å². The van der Waals surface area contributed by atoms with Gasteiger partial charge in [-0.3, -0.25) is 0 Å². The molecule has 1 aliphatic rings. The molecule has 2 unspecified atom stereocenters. The van der Waals surface area contributed by atoms with E-state index in [1.165, 1.54) is 0 Å². The van der Waals surface area contributed by atoms with Crippen molar-refractivity contribution in [2.24, 2.45) is 0 Å². The molecule has 88 valence electrons. The van der Waals surface area contributed by atoms with Crippen LogP contribution in [0.3, 0.4) is 0 Å². The van der Waals surface area contributed by atoms with Crippen molar-refractivity contribution in [3.8, 4) is 0 Å². The number of halogens is 1. The molecule has 0 aromatic carbocycles. The molecule has 0 bridgehead atoms. The molecular weight excluding hydrogens is 242 g/mol. The Morgan fingerprint density at radius 2 is 2.00 bits per heavy atom. The molecule has 1 fully saturated rings. The molecule has 1 aliphatic heterocycles. The van der Waals surface area contributed by atoms with E-state index >= 15 is 0 Å². The van der Waals surface area contributed by atoms with Crippen LogP contribution >= 0.6 is 23.4 Å². The lowest BCUT2D eigenvalue weighted by Crippen LogP contribution is -2.41. The molecule has 2 atom stereocenters. The molecule has 5 heteroatoms. The Bertz CT molecular complexity index is 375. The average Bonchev–Trinajstić information content (AvgIpc) is 2.20. The first-order valence-electron chi connectivity index (χ1n) is 5.46. The second-order valence-corrected chi connectivity index (χ2v) is 6.53. The summed E-state index contributed by atoms with van der Waals surface area (Å²) in [7, 11) is 0. The Kier molecular flexibility index (Phi) is 3.60. The topological polar surface area (TPSA) is 29.0 Å². The van der Waals surface area contributed by atoms with E-state index < -0.39 is 0 Å². The first-order valence-corrected chi connectivity index (χ1v) is 6.78. The van der Waals surface area contributed by atoms with Crippen molar-refractivity contribution in [1.82, 2.24) is 9.97 Å². The molecule has 0 aliphatic carbocycles. The minimum Gasteiger partial charge on any atom is -0.354 e. The fourth-order valence-electron chi connectivity index (χ4n) is 2.08. The molecule has 16 heavy (non-hydrogen) atoms. The van der Waals surface area contributed by atoms with Gasteiger partial charge in [-0.15, -0.1) is 0 Å². The summed E-state index contributed by atoms with van der Waals surface area (Å²) in [5.41, 5.74) is 1.09. The fourth-order valence-corrected chi connectivity index (χ4v) is 3.54. The van der Waals surface area contributed by atoms with E-state index in [-0.39, 0.29) is 0 Å². The average molecular weight is 258 g/mol. The number of hydrogen-bond donors (Lipinski definition) is 0. The SMILES string of the molecule is Cc1cnc(Cl)nc1N1CC(C)SC(C)C1. The Labute approximate surface area is 106 Å². The zero-order valence-corrected chi connectivity index (χ0v) is 11.3. The Balaban J connectivity index is 2.25. The van der Waals surface area contributed by atoms with Crippen LogP contribution in [-0.4, -0.2) is 33.6 Å². The summed E-state index contributed by atoms with van der Waals surface area (Å²) in [4.78, 5) is 10.6. The molecule has 1 saturated heterocycles. The summed E-state index contributed by atoms with van der Waals surface area (Å²) in [5, 5.41) is 1.60. The molecule has 1 aromatic rings. The zero-order chi connectivity index (χ0) is 11.7. The maximum absolute atomic E-state index is 5.85. The molecule has 3 nitrogen and oxygen atoms in total. The highest BCUT2D eigenvalue weighted by Gasteiger charge is 2.24. The van der Waals surface area contributed by atoms with Gasteiger partial charge in [-0.1, -0.05) is 13.8 Å². The Morgan fingerprint density at radius 3 is 2.62 bits per heavy atom. The van der Waals surface area contributed by atoms with Crippen molar-refractivity contribution >= 4 is 29.2 Å². The summed E-state index contributed by atoms with van der Waals surface area (Å²) in [5.74, 6) is 0.985. The number of aryl methyl sites for hydroxylation is 1. The number of anilines is 1. The lowest BCUT2D eigenvalue weighted by atomic mass is 10.2. The first-order chi connectivity index (χ1) is 7.56. The van der Waals surface area contributed by atoms with E-state index in [0.717, 1.165) is 24.5 Å². The van der Waals surface area contributed by atoms with Gasteiger partial charge in [0.05, 0.1) is 0 Å². The number of aromatic nitrogens is 2. The molecule has 0 N–H and O–H groups in total. The molecule has 0 saturated carbocycles. The summed E-state index contributed by atoms with van der Waals surface area (Å²) < 4.78 is 0. The van der Waals surface area contributed by atoms with Crippen molar-refractivity contribution in [3.63, 3.8) is 0 Å². The van der Waals surface area contributed by atoms with Crippen LogP contribution in [0.4, 0.5) is 5.82 Å². The van der Waals surface area contributed by atoms with Gasteiger partial charge in [0.1, 0.15) is 5.82 Å². The van der Waals surface area contributed by atoms with Gasteiger partial charge in [0, 0.05) is 35.3 Å². The van der Waals surface area contributed by atoms with E-state index in [1.807, 2.05) is 18.7 Å². The minimum absolute atomic E-state index is 0.333. The van der Waals surface area contributed by atoms with Gasteiger partial charge in [0.2, 0.25) is 5.28 Å². The second kappa shape index (κ2) is 4.80. The third-order valence-corrected chi connectivity index (χ3v) is 4.04. The zero-order valence-electron chi connectivity index (χ0n) is 9.77. The summed E-state index contributed by atoms with van der Waals surface area (Å²) in [6.45, 7) is 8.60. The third kappa shape index (κ3) is 2.61. The molecule has 0 amide bonds. The highest BCUT2D eigenvalue weighted by atomic mass is 35.5. The van der Waals surface area contributed by atoms with Crippen LogP contribution in [0.5, 0.6) is 0 Å². The standard InChI is InChI=1S/C11H16ClN3S/c1-7-4-13-11(12)14-10(7)15-5-8(2)16-9(3)6-15/h4,8-9H,5-6H2,1-3H3.